The molecule has 0 unspecified atom stereocenters. The summed E-state index contributed by atoms with van der Waals surface area (Å²) in [5.41, 5.74) is 1.04. The Balaban J connectivity index is 1.58. The van der Waals surface area contributed by atoms with Gasteiger partial charge < -0.3 is 19.3 Å². The highest BCUT2D eigenvalue weighted by atomic mass is 16.7. The standard InChI is InChI=1S/C20H28N2O4/c1-4-21(12-15-5-6-17-18(11-15)26-13-25-17)20(24)16-7-9-22(10-8-16)19(23)14(2)3/h5-6,11,14,16H,4,7-10,12-13H2,1-3H3. The van der Waals surface area contributed by atoms with Crippen molar-refractivity contribution in [3.05, 3.63) is 23.8 Å². The number of benzene rings is 1. The third-order valence-electron chi connectivity index (χ3n) is 5.15. The zero-order valence-corrected chi connectivity index (χ0v) is 15.9. The number of hydrogen-bond donors (Lipinski definition) is 0. The number of carbonyl (C=O) groups is 2. The predicted molar refractivity (Wildman–Crippen MR) is 97.8 cm³/mol. The summed E-state index contributed by atoms with van der Waals surface area (Å²) in [6, 6.07) is 5.82. The Labute approximate surface area is 155 Å². The molecule has 0 spiro atoms. The van der Waals surface area contributed by atoms with E-state index < -0.39 is 0 Å². The van der Waals surface area contributed by atoms with E-state index in [2.05, 4.69) is 0 Å². The highest BCUT2D eigenvalue weighted by molar-refractivity contribution is 5.81. The van der Waals surface area contributed by atoms with Gasteiger partial charge in [-0.05, 0) is 37.5 Å². The van der Waals surface area contributed by atoms with Gasteiger partial charge in [-0.3, -0.25) is 9.59 Å². The second-order valence-electron chi connectivity index (χ2n) is 7.29. The first-order valence-corrected chi connectivity index (χ1v) is 9.45. The summed E-state index contributed by atoms with van der Waals surface area (Å²) in [5, 5.41) is 0. The van der Waals surface area contributed by atoms with E-state index in [0.717, 1.165) is 29.9 Å². The monoisotopic (exact) mass is 360 g/mol. The Morgan fingerprint density at radius 2 is 1.88 bits per heavy atom. The molecular weight excluding hydrogens is 332 g/mol. The van der Waals surface area contributed by atoms with Crippen molar-refractivity contribution in [1.82, 2.24) is 9.80 Å². The summed E-state index contributed by atoms with van der Waals surface area (Å²) in [6.07, 6.45) is 1.49. The van der Waals surface area contributed by atoms with E-state index in [1.807, 2.05) is 48.8 Å². The maximum atomic E-state index is 12.9. The molecule has 0 aromatic heterocycles. The third kappa shape index (κ3) is 3.94. The van der Waals surface area contributed by atoms with E-state index in [4.69, 9.17) is 9.47 Å². The second-order valence-corrected chi connectivity index (χ2v) is 7.29. The molecule has 0 aliphatic carbocycles. The van der Waals surface area contributed by atoms with Gasteiger partial charge in [0, 0.05) is 38.0 Å². The first-order valence-electron chi connectivity index (χ1n) is 9.45. The lowest BCUT2D eigenvalue weighted by atomic mass is 9.94. The van der Waals surface area contributed by atoms with Crippen LogP contribution in [0.4, 0.5) is 0 Å². The molecule has 0 saturated carbocycles. The topological polar surface area (TPSA) is 59.1 Å². The van der Waals surface area contributed by atoms with Gasteiger partial charge in [0.2, 0.25) is 18.6 Å². The molecule has 1 fully saturated rings. The van der Waals surface area contributed by atoms with Crippen molar-refractivity contribution in [2.75, 3.05) is 26.4 Å². The van der Waals surface area contributed by atoms with Crippen LogP contribution in [0.3, 0.4) is 0 Å². The zero-order chi connectivity index (χ0) is 18.7. The van der Waals surface area contributed by atoms with E-state index in [1.54, 1.807) is 0 Å². The van der Waals surface area contributed by atoms with Gasteiger partial charge in [-0.1, -0.05) is 19.9 Å². The highest BCUT2D eigenvalue weighted by Gasteiger charge is 2.30. The summed E-state index contributed by atoms with van der Waals surface area (Å²) in [7, 11) is 0. The quantitative estimate of drug-likeness (QED) is 0.810. The highest BCUT2D eigenvalue weighted by Crippen LogP contribution is 2.33. The van der Waals surface area contributed by atoms with Gasteiger partial charge in [-0.2, -0.15) is 0 Å². The van der Waals surface area contributed by atoms with Gasteiger partial charge >= 0.3 is 0 Å². The van der Waals surface area contributed by atoms with Crippen molar-refractivity contribution in [3.8, 4) is 11.5 Å². The minimum atomic E-state index is 0.000160. The van der Waals surface area contributed by atoms with Crippen LogP contribution in [0.5, 0.6) is 11.5 Å². The van der Waals surface area contributed by atoms with Crippen molar-refractivity contribution < 1.29 is 19.1 Å². The molecule has 2 amide bonds. The second kappa shape index (κ2) is 7.98. The fourth-order valence-corrected chi connectivity index (χ4v) is 3.58. The summed E-state index contributed by atoms with van der Waals surface area (Å²) >= 11 is 0. The number of piperidine rings is 1. The molecule has 0 radical (unpaired) electrons. The van der Waals surface area contributed by atoms with Crippen LogP contribution in [0.1, 0.15) is 39.2 Å². The number of hydrogen-bond acceptors (Lipinski definition) is 4. The lowest BCUT2D eigenvalue weighted by molar-refractivity contribution is -0.142. The molecule has 0 atom stereocenters. The van der Waals surface area contributed by atoms with Crippen molar-refractivity contribution >= 4 is 11.8 Å². The molecule has 142 valence electrons. The van der Waals surface area contributed by atoms with Crippen molar-refractivity contribution in [2.45, 2.75) is 40.2 Å². The fraction of sp³-hybridized carbons (Fsp3) is 0.600. The Morgan fingerprint density at radius 3 is 2.54 bits per heavy atom. The van der Waals surface area contributed by atoms with Crippen LogP contribution >= 0.6 is 0 Å². The minimum absolute atomic E-state index is 0.000160. The van der Waals surface area contributed by atoms with Gasteiger partial charge in [-0.25, -0.2) is 0 Å². The van der Waals surface area contributed by atoms with Gasteiger partial charge in [0.15, 0.2) is 11.5 Å². The number of nitrogens with zero attached hydrogens (tertiary/aromatic N) is 2. The lowest BCUT2D eigenvalue weighted by Gasteiger charge is -2.34. The van der Waals surface area contributed by atoms with Gasteiger partial charge in [-0.15, -0.1) is 0 Å². The molecule has 0 bridgehead atoms. The molecule has 26 heavy (non-hydrogen) atoms. The molecule has 2 aliphatic rings. The van der Waals surface area contributed by atoms with Crippen molar-refractivity contribution in [3.63, 3.8) is 0 Å². The SMILES string of the molecule is CCN(Cc1ccc2c(c1)OCO2)C(=O)C1CCN(C(=O)C(C)C)CC1. The number of amides is 2. The zero-order valence-electron chi connectivity index (χ0n) is 15.9. The Hall–Kier alpha value is -2.24. The molecule has 1 aromatic carbocycles. The largest absolute Gasteiger partial charge is 0.454 e. The Morgan fingerprint density at radius 1 is 1.19 bits per heavy atom. The summed E-state index contributed by atoms with van der Waals surface area (Å²) in [5.74, 6) is 1.88. The lowest BCUT2D eigenvalue weighted by Crippen LogP contribution is -2.45. The van der Waals surface area contributed by atoms with Crippen LogP contribution in [0, 0.1) is 11.8 Å². The number of carbonyl (C=O) groups excluding carboxylic acids is 2. The van der Waals surface area contributed by atoms with Crippen LogP contribution in [0.2, 0.25) is 0 Å². The van der Waals surface area contributed by atoms with Crippen molar-refractivity contribution in [2.24, 2.45) is 11.8 Å². The van der Waals surface area contributed by atoms with E-state index in [9.17, 15) is 9.59 Å². The summed E-state index contributed by atoms with van der Waals surface area (Å²) < 4.78 is 10.8. The molecule has 1 saturated heterocycles. The van der Waals surface area contributed by atoms with Gasteiger partial charge in [0.05, 0.1) is 0 Å². The molecule has 2 heterocycles. The van der Waals surface area contributed by atoms with Crippen molar-refractivity contribution in [1.29, 1.82) is 0 Å². The van der Waals surface area contributed by atoms with Crippen LogP contribution in [-0.2, 0) is 16.1 Å². The predicted octanol–water partition coefficient (Wildman–Crippen LogP) is 2.66. The Kier molecular flexibility index (Phi) is 5.69. The molecule has 0 N–H and O–H groups in total. The summed E-state index contributed by atoms with van der Waals surface area (Å²) in [6.45, 7) is 8.68. The molecule has 2 aliphatic heterocycles. The number of ether oxygens (including phenoxy) is 2. The van der Waals surface area contributed by atoms with E-state index in [0.29, 0.717) is 26.2 Å². The normalized spacial score (nSPS) is 16.8. The number of likely N-dealkylation sites (tertiary alicyclic amines) is 1. The first-order chi connectivity index (χ1) is 12.5. The molecule has 3 rings (SSSR count). The van der Waals surface area contributed by atoms with E-state index >= 15 is 0 Å². The average molecular weight is 360 g/mol. The van der Waals surface area contributed by atoms with E-state index in [1.165, 1.54) is 0 Å². The average Bonchev–Trinajstić information content (AvgIpc) is 3.12. The van der Waals surface area contributed by atoms with Gasteiger partial charge in [0.25, 0.3) is 0 Å². The molecule has 6 nitrogen and oxygen atoms in total. The van der Waals surface area contributed by atoms with Crippen LogP contribution < -0.4 is 9.47 Å². The van der Waals surface area contributed by atoms with Crippen LogP contribution in [-0.4, -0.2) is 48.0 Å². The minimum Gasteiger partial charge on any atom is -0.454 e. The van der Waals surface area contributed by atoms with Crippen LogP contribution in [0.15, 0.2) is 18.2 Å². The molecular formula is C20H28N2O4. The maximum Gasteiger partial charge on any atom is 0.231 e. The van der Waals surface area contributed by atoms with Gasteiger partial charge in [0.1, 0.15) is 0 Å². The van der Waals surface area contributed by atoms with E-state index in [-0.39, 0.29) is 30.4 Å². The Bertz CT molecular complexity index is 666. The summed E-state index contributed by atoms with van der Waals surface area (Å²) in [4.78, 5) is 28.8. The number of rotatable bonds is 5. The first kappa shape index (κ1) is 18.5. The van der Waals surface area contributed by atoms with Crippen LogP contribution in [0.25, 0.3) is 0 Å². The maximum absolute atomic E-state index is 12.9. The smallest absolute Gasteiger partial charge is 0.231 e. The molecule has 1 aromatic rings. The number of fused-ring (bicyclic) bond motifs is 1. The fourth-order valence-electron chi connectivity index (χ4n) is 3.58. The third-order valence-corrected chi connectivity index (χ3v) is 5.15. The molecule has 6 heteroatoms.